The summed E-state index contributed by atoms with van der Waals surface area (Å²) in [4.78, 5) is 12.1. The van der Waals surface area contributed by atoms with Crippen molar-refractivity contribution in [3.05, 3.63) is 0 Å². The number of ether oxygens (including phenoxy) is 1. The highest BCUT2D eigenvalue weighted by molar-refractivity contribution is 6.02. The van der Waals surface area contributed by atoms with Gasteiger partial charge in [-0.1, -0.05) is 19.0 Å². The van der Waals surface area contributed by atoms with Gasteiger partial charge in [0.15, 0.2) is 5.84 Å². The van der Waals surface area contributed by atoms with Crippen LogP contribution in [0.4, 0.5) is 0 Å². The van der Waals surface area contributed by atoms with Crippen molar-refractivity contribution < 1.29 is 14.7 Å². The lowest BCUT2D eigenvalue weighted by molar-refractivity contribution is -0.124. The van der Waals surface area contributed by atoms with Crippen LogP contribution in [0.5, 0.6) is 0 Å². The van der Waals surface area contributed by atoms with Crippen LogP contribution in [0, 0.1) is 11.8 Å². The highest BCUT2D eigenvalue weighted by atomic mass is 16.5. The van der Waals surface area contributed by atoms with Gasteiger partial charge < -0.3 is 21.0 Å². The first-order chi connectivity index (χ1) is 8.49. The molecule has 0 radical (unpaired) electrons. The van der Waals surface area contributed by atoms with Gasteiger partial charge in [-0.3, -0.25) is 4.79 Å². The Bertz CT molecular complexity index is 318. The van der Waals surface area contributed by atoms with E-state index in [1.807, 2.05) is 13.8 Å². The molecule has 0 aromatic heterocycles. The third kappa shape index (κ3) is 3.60. The minimum absolute atomic E-state index is 0.0134. The zero-order valence-corrected chi connectivity index (χ0v) is 11.2. The summed E-state index contributed by atoms with van der Waals surface area (Å²) in [5.41, 5.74) is 5.56. The van der Waals surface area contributed by atoms with Crippen molar-refractivity contribution in [1.82, 2.24) is 5.32 Å². The number of carbonyl (C=O) groups is 1. The molecule has 4 N–H and O–H groups in total. The van der Waals surface area contributed by atoms with E-state index in [1.165, 1.54) is 0 Å². The summed E-state index contributed by atoms with van der Waals surface area (Å²) in [5, 5.41) is 14.6. The van der Waals surface area contributed by atoms with Crippen LogP contribution in [0.3, 0.4) is 0 Å². The van der Waals surface area contributed by atoms with Gasteiger partial charge in [-0.25, -0.2) is 0 Å². The van der Waals surface area contributed by atoms with Crippen molar-refractivity contribution in [2.45, 2.75) is 45.3 Å². The number of nitrogens with one attached hydrogen (secondary N) is 1. The lowest BCUT2D eigenvalue weighted by atomic mass is 9.93. The van der Waals surface area contributed by atoms with Crippen LogP contribution in [0.15, 0.2) is 5.16 Å². The Morgan fingerprint density at radius 2 is 2.17 bits per heavy atom. The van der Waals surface area contributed by atoms with Crippen molar-refractivity contribution in [2.75, 3.05) is 7.11 Å². The first-order valence-corrected chi connectivity index (χ1v) is 6.30. The molecule has 0 aromatic carbocycles. The number of oxime groups is 1. The van der Waals surface area contributed by atoms with Crippen LogP contribution < -0.4 is 11.1 Å². The number of rotatable bonds is 5. The van der Waals surface area contributed by atoms with Gasteiger partial charge in [-0.05, 0) is 25.2 Å². The fourth-order valence-electron chi connectivity index (χ4n) is 2.42. The highest BCUT2D eigenvalue weighted by Gasteiger charge is 2.31. The summed E-state index contributed by atoms with van der Waals surface area (Å²) in [6, 6.07) is 0.121. The minimum atomic E-state index is -0.586. The zero-order valence-electron chi connectivity index (χ0n) is 11.2. The molecule has 1 aliphatic rings. The Morgan fingerprint density at radius 3 is 2.61 bits per heavy atom. The molecule has 6 heteroatoms. The van der Waals surface area contributed by atoms with Crippen molar-refractivity contribution in [3.63, 3.8) is 0 Å². The lowest BCUT2D eigenvalue weighted by Gasteiger charge is -2.21. The number of amidine groups is 1. The van der Waals surface area contributed by atoms with Gasteiger partial charge in [0.05, 0.1) is 6.10 Å². The number of carbonyl (C=O) groups excluding carboxylic acids is 1. The molecule has 104 valence electrons. The predicted molar refractivity (Wildman–Crippen MR) is 68.3 cm³/mol. The van der Waals surface area contributed by atoms with E-state index in [9.17, 15) is 4.79 Å². The van der Waals surface area contributed by atoms with Gasteiger partial charge >= 0.3 is 0 Å². The molecule has 1 amide bonds. The van der Waals surface area contributed by atoms with Crippen LogP contribution in [-0.4, -0.2) is 36.2 Å². The maximum absolute atomic E-state index is 12.1. The average Bonchev–Trinajstić information content (AvgIpc) is 2.76. The number of hydrogen-bond acceptors (Lipinski definition) is 4. The second-order valence-corrected chi connectivity index (χ2v) is 5.12. The Kier molecular flexibility index (Phi) is 5.40. The normalized spacial score (nSPS) is 26.3. The van der Waals surface area contributed by atoms with Crippen molar-refractivity contribution in [3.8, 4) is 0 Å². The third-order valence-electron chi connectivity index (χ3n) is 3.45. The van der Waals surface area contributed by atoms with Crippen molar-refractivity contribution in [2.24, 2.45) is 22.7 Å². The van der Waals surface area contributed by atoms with E-state index in [4.69, 9.17) is 15.7 Å². The Labute approximate surface area is 108 Å². The van der Waals surface area contributed by atoms with Crippen molar-refractivity contribution in [1.29, 1.82) is 0 Å². The van der Waals surface area contributed by atoms with E-state index in [1.54, 1.807) is 7.11 Å². The summed E-state index contributed by atoms with van der Waals surface area (Å²) in [6.45, 7) is 3.74. The van der Waals surface area contributed by atoms with Gasteiger partial charge in [-0.15, -0.1) is 0 Å². The monoisotopic (exact) mass is 257 g/mol. The molecule has 0 aliphatic heterocycles. The molecular weight excluding hydrogens is 234 g/mol. The number of amides is 1. The van der Waals surface area contributed by atoms with Gasteiger partial charge in [0.2, 0.25) is 5.91 Å². The van der Waals surface area contributed by atoms with Crippen LogP contribution in [0.25, 0.3) is 0 Å². The molecule has 3 unspecified atom stereocenters. The minimum Gasteiger partial charge on any atom is -0.409 e. The molecule has 18 heavy (non-hydrogen) atoms. The van der Waals surface area contributed by atoms with Crippen LogP contribution >= 0.6 is 0 Å². The van der Waals surface area contributed by atoms with Gasteiger partial charge in [-0.2, -0.15) is 0 Å². The number of hydrogen-bond donors (Lipinski definition) is 3. The molecule has 0 spiro atoms. The number of nitrogens with two attached hydrogens (primary N) is 1. The van der Waals surface area contributed by atoms with E-state index in [0.717, 1.165) is 19.3 Å². The molecule has 1 rings (SSSR count). The van der Waals surface area contributed by atoms with E-state index in [0.29, 0.717) is 0 Å². The Balaban J connectivity index is 2.58. The standard InChI is InChI=1S/C12H23N3O3/c1-7(2)10(11(13)15-17)12(16)14-8-4-5-9(6-8)18-3/h7-10,17H,4-6H2,1-3H3,(H2,13,15)(H,14,16). The summed E-state index contributed by atoms with van der Waals surface area (Å²) in [5.74, 6) is -0.817. The molecule has 3 atom stereocenters. The predicted octanol–water partition coefficient (Wildman–Crippen LogP) is 0.689. The first-order valence-electron chi connectivity index (χ1n) is 6.30. The van der Waals surface area contributed by atoms with Gasteiger partial charge in [0.25, 0.3) is 0 Å². The summed E-state index contributed by atoms with van der Waals surface area (Å²) >= 11 is 0. The first kappa shape index (κ1) is 14.8. The maximum atomic E-state index is 12.1. The van der Waals surface area contributed by atoms with Crippen molar-refractivity contribution >= 4 is 11.7 Å². The van der Waals surface area contributed by atoms with Crippen LogP contribution in [0.2, 0.25) is 0 Å². The summed E-state index contributed by atoms with van der Waals surface area (Å²) in [6.07, 6.45) is 2.91. The molecular formula is C12H23N3O3. The number of nitrogens with zero attached hydrogens (tertiary/aromatic N) is 1. The molecule has 6 nitrogen and oxygen atoms in total. The molecule has 0 saturated heterocycles. The zero-order chi connectivity index (χ0) is 13.7. The summed E-state index contributed by atoms with van der Waals surface area (Å²) in [7, 11) is 1.68. The third-order valence-corrected chi connectivity index (χ3v) is 3.45. The summed E-state index contributed by atoms with van der Waals surface area (Å²) < 4.78 is 5.26. The van der Waals surface area contributed by atoms with E-state index >= 15 is 0 Å². The van der Waals surface area contributed by atoms with Gasteiger partial charge in [0, 0.05) is 13.2 Å². The lowest BCUT2D eigenvalue weighted by Crippen LogP contribution is -2.45. The quantitative estimate of drug-likeness (QED) is 0.292. The van der Waals surface area contributed by atoms with E-state index in [-0.39, 0.29) is 29.8 Å². The average molecular weight is 257 g/mol. The molecule has 1 aliphatic carbocycles. The van der Waals surface area contributed by atoms with E-state index < -0.39 is 5.92 Å². The molecule has 1 fully saturated rings. The molecule has 0 heterocycles. The Morgan fingerprint density at radius 1 is 1.50 bits per heavy atom. The Hall–Kier alpha value is -1.30. The molecule has 1 saturated carbocycles. The van der Waals surface area contributed by atoms with Crippen LogP contribution in [-0.2, 0) is 9.53 Å². The second kappa shape index (κ2) is 6.58. The SMILES string of the molecule is COC1CCC(NC(=O)C(C(N)=NO)C(C)C)C1. The molecule has 0 bridgehead atoms. The highest BCUT2D eigenvalue weighted by Crippen LogP contribution is 2.22. The number of methoxy groups -OCH3 is 1. The maximum Gasteiger partial charge on any atom is 0.231 e. The fraction of sp³-hybridized carbons (Fsp3) is 0.833. The smallest absolute Gasteiger partial charge is 0.231 e. The largest absolute Gasteiger partial charge is 0.409 e. The van der Waals surface area contributed by atoms with Crippen LogP contribution in [0.1, 0.15) is 33.1 Å². The molecule has 0 aromatic rings. The van der Waals surface area contributed by atoms with Gasteiger partial charge in [0.1, 0.15) is 5.92 Å². The fourth-order valence-corrected chi connectivity index (χ4v) is 2.42. The topological polar surface area (TPSA) is 96.9 Å². The second-order valence-electron chi connectivity index (χ2n) is 5.12. The van der Waals surface area contributed by atoms with E-state index in [2.05, 4.69) is 10.5 Å².